The zero-order valence-corrected chi connectivity index (χ0v) is 14.8. The number of hydrogen-bond acceptors (Lipinski definition) is 4. The zero-order chi connectivity index (χ0) is 19.3. The summed E-state index contributed by atoms with van der Waals surface area (Å²) in [5, 5.41) is 11.4. The number of aliphatic carboxylic acids is 1. The van der Waals surface area contributed by atoms with Gasteiger partial charge in [0.25, 0.3) is 5.91 Å². The van der Waals surface area contributed by atoms with Gasteiger partial charge in [-0.15, -0.1) is 0 Å². The highest BCUT2D eigenvalue weighted by Gasteiger charge is 2.15. The van der Waals surface area contributed by atoms with Crippen LogP contribution in [-0.4, -0.2) is 30.2 Å². The molecule has 0 unspecified atom stereocenters. The smallest absolute Gasteiger partial charge is 0.341 e. The molecule has 6 nitrogen and oxygen atoms in total. The number of hydrogen-bond donors (Lipinski definition) is 2. The van der Waals surface area contributed by atoms with Gasteiger partial charge in [0, 0.05) is 11.6 Å². The van der Waals surface area contributed by atoms with E-state index in [1.807, 2.05) is 0 Å². The van der Waals surface area contributed by atoms with Crippen molar-refractivity contribution in [2.45, 2.75) is 20.8 Å². The molecule has 0 aliphatic rings. The summed E-state index contributed by atoms with van der Waals surface area (Å²) in [5.41, 5.74) is 2.01. The lowest BCUT2D eigenvalue weighted by Crippen LogP contribution is -2.15. The van der Waals surface area contributed by atoms with Crippen LogP contribution in [-0.2, 0) is 4.79 Å². The van der Waals surface area contributed by atoms with Gasteiger partial charge in [0.15, 0.2) is 6.61 Å². The van der Waals surface area contributed by atoms with Crippen molar-refractivity contribution >= 4 is 17.6 Å². The maximum absolute atomic E-state index is 13.4. The first kappa shape index (κ1) is 19.2. The molecule has 0 spiro atoms. The van der Waals surface area contributed by atoms with Gasteiger partial charge in [0.05, 0.1) is 12.3 Å². The van der Waals surface area contributed by atoms with Crippen LogP contribution in [0, 0.1) is 19.7 Å². The Morgan fingerprint density at radius 2 is 1.77 bits per heavy atom. The van der Waals surface area contributed by atoms with E-state index in [9.17, 15) is 14.0 Å². The number of carbonyl (C=O) groups is 2. The molecule has 0 atom stereocenters. The van der Waals surface area contributed by atoms with E-state index in [0.29, 0.717) is 34.7 Å². The van der Waals surface area contributed by atoms with E-state index in [2.05, 4.69) is 5.32 Å². The molecule has 0 heterocycles. The quantitative estimate of drug-likeness (QED) is 0.788. The van der Waals surface area contributed by atoms with Crippen molar-refractivity contribution in [3.8, 4) is 11.5 Å². The Morgan fingerprint density at radius 1 is 1.12 bits per heavy atom. The molecule has 2 aromatic carbocycles. The molecule has 0 aromatic heterocycles. The minimum Gasteiger partial charge on any atom is -0.492 e. The van der Waals surface area contributed by atoms with Crippen molar-refractivity contribution in [3.05, 3.63) is 52.8 Å². The predicted molar refractivity (Wildman–Crippen MR) is 94.6 cm³/mol. The first-order valence-electron chi connectivity index (χ1n) is 8.01. The Hall–Kier alpha value is -3.09. The minimum absolute atomic E-state index is 0.246. The predicted octanol–water partition coefficient (Wildman–Crippen LogP) is 3.56. The molecule has 2 aromatic rings. The fraction of sp³-hybridized carbons (Fsp3) is 0.263. The molecular weight excluding hydrogens is 341 g/mol. The van der Waals surface area contributed by atoms with Crippen LogP contribution in [0.4, 0.5) is 10.1 Å². The average molecular weight is 361 g/mol. The van der Waals surface area contributed by atoms with E-state index in [0.717, 1.165) is 0 Å². The average Bonchev–Trinajstić information content (AvgIpc) is 2.56. The summed E-state index contributed by atoms with van der Waals surface area (Å²) in [6, 6.07) is 7.07. The summed E-state index contributed by atoms with van der Waals surface area (Å²) in [6.07, 6.45) is 0. The third kappa shape index (κ3) is 4.72. The number of ether oxygens (including phenoxy) is 2. The monoisotopic (exact) mass is 361 g/mol. The lowest BCUT2D eigenvalue weighted by atomic mass is 10.0. The minimum atomic E-state index is -1.08. The standard InChI is InChI=1S/C19H20FNO5/c1-4-25-16-9-14(20)5-6-15(16)21-19(24)13-7-11(2)18(12(3)8-13)26-10-17(22)23/h5-9H,4,10H2,1-3H3,(H,21,24)(H,22,23). The zero-order valence-electron chi connectivity index (χ0n) is 14.8. The van der Waals surface area contributed by atoms with Crippen molar-refractivity contribution in [1.82, 2.24) is 0 Å². The van der Waals surface area contributed by atoms with Gasteiger partial charge in [0.2, 0.25) is 0 Å². The molecule has 0 saturated carbocycles. The van der Waals surface area contributed by atoms with Crippen LogP contribution in [0.2, 0.25) is 0 Å². The van der Waals surface area contributed by atoms with E-state index < -0.39 is 24.3 Å². The van der Waals surface area contributed by atoms with Crippen LogP contribution in [0.5, 0.6) is 11.5 Å². The second-order valence-electron chi connectivity index (χ2n) is 5.65. The summed E-state index contributed by atoms with van der Waals surface area (Å²) < 4.78 is 24.0. The van der Waals surface area contributed by atoms with Crippen LogP contribution in [0.1, 0.15) is 28.4 Å². The molecule has 0 aliphatic carbocycles. The first-order valence-corrected chi connectivity index (χ1v) is 8.01. The molecule has 0 saturated heterocycles. The molecular formula is C19H20FNO5. The highest BCUT2D eigenvalue weighted by atomic mass is 19.1. The van der Waals surface area contributed by atoms with Crippen molar-refractivity contribution < 1.29 is 28.6 Å². The Labute approximate surface area is 150 Å². The highest BCUT2D eigenvalue weighted by molar-refractivity contribution is 6.05. The summed E-state index contributed by atoms with van der Waals surface area (Å²) >= 11 is 0. The molecule has 0 fully saturated rings. The number of carboxylic acid groups (broad SMARTS) is 1. The maximum Gasteiger partial charge on any atom is 0.341 e. The number of carboxylic acids is 1. The molecule has 26 heavy (non-hydrogen) atoms. The van der Waals surface area contributed by atoms with Gasteiger partial charge in [-0.2, -0.15) is 0 Å². The number of nitrogens with one attached hydrogen (secondary N) is 1. The summed E-state index contributed by atoms with van der Waals surface area (Å²) in [4.78, 5) is 23.2. The third-order valence-corrected chi connectivity index (χ3v) is 3.55. The van der Waals surface area contributed by atoms with E-state index in [1.54, 1.807) is 32.9 Å². The van der Waals surface area contributed by atoms with E-state index in [1.165, 1.54) is 18.2 Å². The van der Waals surface area contributed by atoms with Crippen molar-refractivity contribution in [3.63, 3.8) is 0 Å². The number of carbonyl (C=O) groups excluding carboxylic acids is 1. The van der Waals surface area contributed by atoms with Gasteiger partial charge in [-0.05, 0) is 56.2 Å². The number of benzene rings is 2. The topological polar surface area (TPSA) is 84.9 Å². The first-order chi connectivity index (χ1) is 12.3. The summed E-state index contributed by atoms with van der Waals surface area (Å²) in [6.45, 7) is 5.09. The van der Waals surface area contributed by atoms with Crippen LogP contribution < -0.4 is 14.8 Å². The summed E-state index contributed by atoms with van der Waals surface area (Å²) in [5.74, 6) is -1.26. The number of halogens is 1. The Bertz CT molecular complexity index is 812. The molecule has 138 valence electrons. The summed E-state index contributed by atoms with van der Waals surface area (Å²) in [7, 11) is 0. The number of rotatable bonds is 7. The molecule has 0 radical (unpaired) electrons. The normalized spacial score (nSPS) is 10.3. The number of anilines is 1. The van der Waals surface area contributed by atoms with Crippen LogP contribution in [0.3, 0.4) is 0 Å². The fourth-order valence-electron chi connectivity index (χ4n) is 2.51. The van der Waals surface area contributed by atoms with Gasteiger partial charge in [-0.1, -0.05) is 0 Å². The second kappa shape index (κ2) is 8.33. The Kier molecular flexibility index (Phi) is 6.16. The van der Waals surface area contributed by atoms with Crippen molar-refractivity contribution in [1.29, 1.82) is 0 Å². The van der Waals surface area contributed by atoms with E-state index in [4.69, 9.17) is 14.6 Å². The third-order valence-electron chi connectivity index (χ3n) is 3.55. The Morgan fingerprint density at radius 3 is 2.35 bits per heavy atom. The van der Waals surface area contributed by atoms with Gasteiger partial charge in [-0.25, -0.2) is 9.18 Å². The van der Waals surface area contributed by atoms with Gasteiger partial charge < -0.3 is 19.9 Å². The van der Waals surface area contributed by atoms with Crippen LogP contribution in [0.25, 0.3) is 0 Å². The van der Waals surface area contributed by atoms with Crippen LogP contribution >= 0.6 is 0 Å². The molecule has 2 N–H and O–H groups in total. The molecule has 0 bridgehead atoms. The van der Waals surface area contributed by atoms with Gasteiger partial charge >= 0.3 is 5.97 Å². The number of amides is 1. The lowest BCUT2D eigenvalue weighted by Gasteiger charge is -2.14. The fourth-order valence-corrected chi connectivity index (χ4v) is 2.51. The molecule has 2 rings (SSSR count). The Balaban J connectivity index is 2.24. The SMILES string of the molecule is CCOc1cc(F)ccc1NC(=O)c1cc(C)c(OCC(=O)O)c(C)c1. The van der Waals surface area contributed by atoms with Crippen molar-refractivity contribution in [2.24, 2.45) is 0 Å². The molecule has 1 amide bonds. The van der Waals surface area contributed by atoms with Crippen LogP contribution in [0.15, 0.2) is 30.3 Å². The van der Waals surface area contributed by atoms with Gasteiger partial charge in [0.1, 0.15) is 17.3 Å². The van der Waals surface area contributed by atoms with E-state index in [-0.39, 0.29) is 5.75 Å². The molecule has 7 heteroatoms. The molecule has 0 aliphatic heterocycles. The largest absolute Gasteiger partial charge is 0.492 e. The lowest BCUT2D eigenvalue weighted by molar-refractivity contribution is -0.139. The second-order valence-corrected chi connectivity index (χ2v) is 5.65. The maximum atomic E-state index is 13.4. The number of aryl methyl sites for hydroxylation is 2. The van der Waals surface area contributed by atoms with Gasteiger partial charge in [-0.3, -0.25) is 4.79 Å². The van der Waals surface area contributed by atoms with E-state index >= 15 is 0 Å². The van der Waals surface area contributed by atoms with Crippen molar-refractivity contribution in [2.75, 3.05) is 18.5 Å². The highest BCUT2D eigenvalue weighted by Crippen LogP contribution is 2.28.